The van der Waals surface area contributed by atoms with Crippen molar-refractivity contribution < 1.29 is 0 Å². The Hall–Kier alpha value is 0.880. The van der Waals surface area contributed by atoms with Gasteiger partial charge in [0.15, 0.2) is 5.84 Å². The van der Waals surface area contributed by atoms with E-state index in [1.807, 2.05) is 0 Å². The van der Waals surface area contributed by atoms with Crippen molar-refractivity contribution in [1.82, 2.24) is 4.90 Å². The lowest BCUT2D eigenvalue weighted by Crippen LogP contribution is -2.48. The third kappa shape index (κ3) is 3.69. The van der Waals surface area contributed by atoms with Gasteiger partial charge in [0.2, 0.25) is 3.79 Å². The highest BCUT2D eigenvalue weighted by Gasteiger charge is 2.42. The third-order valence-electron chi connectivity index (χ3n) is 1.46. The highest BCUT2D eigenvalue weighted by Crippen LogP contribution is 2.38. The molecular formula is C6H5Cl6N3. The second-order valence-electron chi connectivity index (χ2n) is 2.68. The molecule has 0 bridgehead atoms. The van der Waals surface area contributed by atoms with E-state index in [1.165, 1.54) is 6.34 Å². The Balaban J connectivity index is 3.08. The molecule has 0 saturated carbocycles. The molecule has 15 heavy (non-hydrogen) atoms. The van der Waals surface area contributed by atoms with E-state index < -0.39 is 7.71 Å². The summed E-state index contributed by atoms with van der Waals surface area (Å²) in [5, 5.41) is 0. The van der Waals surface area contributed by atoms with Gasteiger partial charge in [0.1, 0.15) is 6.17 Å². The van der Waals surface area contributed by atoms with Crippen LogP contribution in [-0.2, 0) is 0 Å². The maximum Gasteiger partial charge on any atom is 0.274 e. The number of alkyl halides is 6. The molecule has 86 valence electrons. The number of rotatable bonds is 0. The van der Waals surface area contributed by atoms with Crippen molar-refractivity contribution in [1.29, 1.82) is 0 Å². The first-order chi connectivity index (χ1) is 6.62. The maximum atomic E-state index is 5.70. The van der Waals surface area contributed by atoms with Crippen molar-refractivity contribution in [3.8, 4) is 0 Å². The van der Waals surface area contributed by atoms with Crippen molar-refractivity contribution >= 4 is 81.8 Å². The molecule has 1 aliphatic rings. The van der Waals surface area contributed by atoms with Gasteiger partial charge in [0.05, 0.1) is 6.34 Å². The molecule has 0 aromatic heterocycles. The first-order valence-electron chi connectivity index (χ1n) is 3.66. The standard InChI is InChI=1S/C6H5Cl6N3/c1-3-13-2-15(6(10,11)12)4(14-3)5(7,8)9/h2-3H,1H3. The maximum absolute atomic E-state index is 5.70. The van der Waals surface area contributed by atoms with E-state index in [0.29, 0.717) is 0 Å². The Morgan fingerprint density at radius 3 is 2.13 bits per heavy atom. The molecule has 9 heteroatoms. The van der Waals surface area contributed by atoms with Crippen LogP contribution in [0.15, 0.2) is 9.98 Å². The van der Waals surface area contributed by atoms with Crippen LogP contribution in [0.3, 0.4) is 0 Å². The first kappa shape index (κ1) is 13.9. The Morgan fingerprint density at radius 2 is 1.73 bits per heavy atom. The van der Waals surface area contributed by atoms with E-state index in [4.69, 9.17) is 69.6 Å². The van der Waals surface area contributed by atoms with Crippen LogP contribution in [0.5, 0.6) is 0 Å². The number of aliphatic imine (C=N–C) groups is 2. The Morgan fingerprint density at radius 1 is 1.20 bits per heavy atom. The van der Waals surface area contributed by atoms with Crippen LogP contribution < -0.4 is 0 Å². The largest absolute Gasteiger partial charge is 0.274 e. The van der Waals surface area contributed by atoms with Crippen LogP contribution in [0, 0.1) is 0 Å². The number of hydrogen-bond acceptors (Lipinski definition) is 3. The van der Waals surface area contributed by atoms with Crippen LogP contribution in [0.1, 0.15) is 6.92 Å². The van der Waals surface area contributed by atoms with Crippen molar-refractivity contribution in [3.63, 3.8) is 0 Å². The Labute approximate surface area is 117 Å². The summed E-state index contributed by atoms with van der Waals surface area (Å²) in [6.45, 7) is 1.71. The molecule has 0 spiro atoms. The minimum absolute atomic E-state index is 0.0231. The molecule has 0 aromatic carbocycles. The lowest BCUT2D eigenvalue weighted by molar-refractivity contribution is 0.589. The van der Waals surface area contributed by atoms with Crippen LogP contribution in [-0.4, -0.2) is 30.9 Å². The van der Waals surface area contributed by atoms with Gasteiger partial charge in [-0.1, -0.05) is 69.6 Å². The summed E-state index contributed by atoms with van der Waals surface area (Å²) in [5.41, 5.74) is 0. The Bertz CT molecular complexity index is 301. The summed E-state index contributed by atoms with van der Waals surface area (Å²) in [5.74, 6) is 0.0231. The van der Waals surface area contributed by atoms with E-state index >= 15 is 0 Å². The van der Waals surface area contributed by atoms with E-state index in [1.54, 1.807) is 6.92 Å². The second-order valence-corrected chi connectivity index (χ2v) is 7.19. The monoisotopic (exact) mass is 329 g/mol. The Kier molecular flexibility index (Phi) is 4.30. The highest BCUT2D eigenvalue weighted by atomic mass is 35.6. The summed E-state index contributed by atoms with van der Waals surface area (Å²) in [7, 11) is 0. The van der Waals surface area contributed by atoms with E-state index in [-0.39, 0.29) is 12.0 Å². The van der Waals surface area contributed by atoms with Crippen molar-refractivity contribution in [2.45, 2.75) is 20.8 Å². The van der Waals surface area contributed by atoms with Gasteiger partial charge in [-0.3, -0.25) is 4.90 Å². The zero-order valence-corrected chi connectivity index (χ0v) is 11.8. The fraction of sp³-hybridized carbons (Fsp3) is 0.667. The van der Waals surface area contributed by atoms with Gasteiger partial charge in [0.25, 0.3) is 3.92 Å². The molecule has 1 atom stereocenters. The topological polar surface area (TPSA) is 28.0 Å². The number of halogens is 6. The van der Waals surface area contributed by atoms with Gasteiger partial charge in [-0.15, -0.1) is 0 Å². The molecule has 3 nitrogen and oxygen atoms in total. The predicted octanol–water partition coefficient (Wildman–Crippen LogP) is 3.77. The minimum atomic E-state index is -1.80. The van der Waals surface area contributed by atoms with Gasteiger partial charge in [-0.05, 0) is 6.92 Å². The number of amidine groups is 1. The molecule has 0 saturated heterocycles. The smallest absolute Gasteiger partial charge is 0.271 e. The molecule has 1 aliphatic heterocycles. The fourth-order valence-electron chi connectivity index (χ4n) is 0.886. The van der Waals surface area contributed by atoms with Gasteiger partial charge in [0, 0.05) is 0 Å². The molecule has 0 aromatic rings. The molecular weight excluding hydrogens is 327 g/mol. The molecule has 0 amide bonds. The summed E-state index contributed by atoms with van der Waals surface area (Å²) in [4.78, 5) is 9.00. The predicted molar refractivity (Wildman–Crippen MR) is 67.8 cm³/mol. The quantitative estimate of drug-likeness (QED) is 0.490. The zero-order valence-electron chi connectivity index (χ0n) is 7.26. The van der Waals surface area contributed by atoms with Gasteiger partial charge >= 0.3 is 0 Å². The summed E-state index contributed by atoms with van der Waals surface area (Å²) < 4.78 is -3.57. The third-order valence-corrected chi connectivity index (χ3v) is 2.52. The molecule has 1 heterocycles. The van der Waals surface area contributed by atoms with Gasteiger partial charge in [-0.25, -0.2) is 9.98 Å². The van der Waals surface area contributed by atoms with E-state index in [2.05, 4.69) is 9.98 Å². The normalized spacial score (nSPS) is 23.0. The van der Waals surface area contributed by atoms with Crippen LogP contribution in [0.4, 0.5) is 0 Å². The van der Waals surface area contributed by atoms with Crippen molar-refractivity contribution in [2.24, 2.45) is 9.98 Å². The molecule has 0 radical (unpaired) electrons. The minimum Gasteiger partial charge on any atom is -0.271 e. The van der Waals surface area contributed by atoms with Crippen LogP contribution in [0.25, 0.3) is 0 Å². The zero-order chi connectivity index (χ0) is 11.9. The number of nitrogens with zero attached hydrogens (tertiary/aromatic N) is 3. The average molecular weight is 332 g/mol. The number of hydrogen-bond donors (Lipinski definition) is 0. The highest BCUT2D eigenvalue weighted by molar-refractivity contribution is 6.78. The molecule has 1 unspecified atom stereocenters. The SMILES string of the molecule is CC1N=CN(C(Cl)(Cl)Cl)C(C(Cl)(Cl)Cl)=N1. The fourth-order valence-corrected chi connectivity index (χ4v) is 1.68. The summed E-state index contributed by atoms with van der Waals surface area (Å²) in [6, 6.07) is 0. The van der Waals surface area contributed by atoms with Crippen molar-refractivity contribution in [2.75, 3.05) is 0 Å². The van der Waals surface area contributed by atoms with Gasteiger partial charge in [-0.2, -0.15) is 0 Å². The lowest BCUT2D eigenvalue weighted by atomic mass is 10.5. The van der Waals surface area contributed by atoms with Crippen molar-refractivity contribution in [3.05, 3.63) is 0 Å². The second kappa shape index (κ2) is 4.63. The lowest BCUT2D eigenvalue weighted by Gasteiger charge is -2.34. The molecule has 0 fully saturated rings. The van der Waals surface area contributed by atoms with Crippen LogP contribution >= 0.6 is 69.6 Å². The van der Waals surface area contributed by atoms with Crippen LogP contribution in [0.2, 0.25) is 0 Å². The summed E-state index contributed by atoms with van der Waals surface area (Å²) >= 11 is 34.1. The average Bonchev–Trinajstić information content (AvgIpc) is 2.00. The van der Waals surface area contributed by atoms with Gasteiger partial charge < -0.3 is 0 Å². The molecule has 0 N–H and O–H groups in total. The molecule has 0 aliphatic carbocycles. The first-order valence-corrected chi connectivity index (χ1v) is 5.93. The van der Waals surface area contributed by atoms with E-state index in [0.717, 1.165) is 4.90 Å². The summed E-state index contributed by atoms with van der Waals surface area (Å²) in [6.07, 6.45) is 0.904. The van der Waals surface area contributed by atoms with E-state index in [9.17, 15) is 0 Å². The molecule has 1 rings (SSSR count).